The van der Waals surface area contributed by atoms with Gasteiger partial charge in [0.05, 0.1) is 5.92 Å². The standard InChI is InChI=1S/C12H21NO4/c1-8(2)10(12(15)16)7-13-11(14)9-3-5-17-6-4-9/h8-10H,3-7H2,1-2H3,(H,13,14)(H,15,16). The summed E-state index contributed by atoms with van der Waals surface area (Å²) in [6.07, 6.45) is 1.45. The van der Waals surface area contributed by atoms with Gasteiger partial charge in [0.25, 0.3) is 0 Å². The van der Waals surface area contributed by atoms with Crippen molar-refractivity contribution in [2.24, 2.45) is 17.8 Å². The largest absolute Gasteiger partial charge is 0.481 e. The molecule has 1 rings (SSSR count). The normalized spacial score (nSPS) is 19.0. The van der Waals surface area contributed by atoms with E-state index in [0.717, 1.165) is 12.8 Å². The highest BCUT2D eigenvalue weighted by Gasteiger charge is 2.25. The third-order valence-electron chi connectivity index (χ3n) is 3.21. The number of carbonyl (C=O) groups excluding carboxylic acids is 1. The highest BCUT2D eigenvalue weighted by Crippen LogP contribution is 2.15. The zero-order valence-electron chi connectivity index (χ0n) is 10.4. The summed E-state index contributed by atoms with van der Waals surface area (Å²) in [6, 6.07) is 0. The molecule has 1 fully saturated rings. The minimum Gasteiger partial charge on any atom is -0.481 e. The fraction of sp³-hybridized carbons (Fsp3) is 0.833. The van der Waals surface area contributed by atoms with Crippen molar-refractivity contribution in [1.82, 2.24) is 5.32 Å². The van der Waals surface area contributed by atoms with E-state index in [1.54, 1.807) is 0 Å². The van der Waals surface area contributed by atoms with E-state index < -0.39 is 11.9 Å². The number of nitrogens with one attached hydrogen (secondary N) is 1. The number of amides is 1. The Bertz CT molecular complexity index is 272. The highest BCUT2D eigenvalue weighted by molar-refractivity contribution is 5.79. The average molecular weight is 243 g/mol. The van der Waals surface area contributed by atoms with Crippen LogP contribution in [0.25, 0.3) is 0 Å². The molecule has 0 aromatic carbocycles. The van der Waals surface area contributed by atoms with Crippen molar-refractivity contribution < 1.29 is 19.4 Å². The Hall–Kier alpha value is -1.10. The molecule has 0 aliphatic carbocycles. The molecule has 2 N–H and O–H groups in total. The Balaban J connectivity index is 2.37. The van der Waals surface area contributed by atoms with E-state index in [0.29, 0.717) is 13.2 Å². The van der Waals surface area contributed by atoms with Gasteiger partial charge in [0.15, 0.2) is 0 Å². The molecule has 1 aliphatic heterocycles. The Kier molecular flexibility index (Phi) is 5.41. The van der Waals surface area contributed by atoms with Crippen molar-refractivity contribution in [1.29, 1.82) is 0 Å². The number of aliphatic carboxylic acids is 1. The van der Waals surface area contributed by atoms with Gasteiger partial charge in [-0.3, -0.25) is 9.59 Å². The third-order valence-corrected chi connectivity index (χ3v) is 3.21. The molecule has 0 bridgehead atoms. The second kappa shape index (κ2) is 6.59. The van der Waals surface area contributed by atoms with E-state index in [4.69, 9.17) is 9.84 Å². The van der Waals surface area contributed by atoms with Gasteiger partial charge >= 0.3 is 5.97 Å². The van der Waals surface area contributed by atoms with Crippen LogP contribution in [0.15, 0.2) is 0 Å². The Labute approximate surface area is 102 Å². The van der Waals surface area contributed by atoms with E-state index in [2.05, 4.69) is 5.32 Å². The number of hydrogen-bond acceptors (Lipinski definition) is 3. The molecule has 0 aromatic rings. The van der Waals surface area contributed by atoms with Gasteiger partial charge in [-0.1, -0.05) is 13.8 Å². The van der Waals surface area contributed by atoms with Crippen molar-refractivity contribution in [2.75, 3.05) is 19.8 Å². The molecule has 17 heavy (non-hydrogen) atoms. The van der Waals surface area contributed by atoms with Crippen LogP contribution >= 0.6 is 0 Å². The first-order chi connectivity index (χ1) is 8.02. The summed E-state index contributed by atoms with van der Waals surface area (Å²) in [5, 5.41) is 11.7. The van der Waals surface area contributed by atoms with Crippen LogP contribution in [-0.4, -0.2) is 36.7 Å². The van der Waals surface area contributed by atoms with Gasteiger partial charge in [-0.15, -0.1) is 0 Å². The zero-order chi connectivity index (χ0) is 12.8. The van der Waals surface area contributed by atoms with Crippen LogP contribution in [0, 0.1) is 17.8 Å². The van der Waals surface area contributed by atoms with Crippen LogP contribution < -0.4 is 5.32 Å². The summed E-state index contributed by atoms with van der Waals surface area (Å²) in [5.74, 6) is -1.42. The number of carboxylic acids is 1. The second-order valence-corrected chi connectivity index (χ2v) is 4.82. The Morgan fingerprint density at radius 1 is 1.35 bits per heavy atom. The maximum absolute atomic E-state index is 11.8. The number of hydrogen-bond donors (Lipinski definition) is 2. The summed E-state index contributed by atoms with van der Waals surface area (Å²) < 4.78 is 5.18. The predicted octanol–water partition coefficient (Wildman–Crippen LogP) is 0.886. The molecule has 1 aliphatic rings. The molecular formula is C12H21NO4. The predicted molar refractivity (Wildman–Crippen MR) is 62.5 cm³/mol. The van der Waals surface area contributed by atoms with Gasteiger partial charge < -0.3 is 15.2 Å². The smallest absolute Gasteiger partial charge is 0.308 e. The van der Waals surface area contributed by atoms with Crippen molar-refractivity contribution >= 4 is 11.9 Å². The monoisotopic (exact) mass is 243 g/mol. The minimum atomic E-state index is -0.854. The van der Waals surface area contributed by atoms with Crippen molar-refractivity contribution in [3.8, 4) is 0 Å². The van der Waals surface area contributed by atoms with Crippen LogP contribution in [0.2, 0.25) is 0 Å². The molecule has 1 atom stereocenters. The number of rotatable bonds is 5. The molecular weight excluding hydrogens is 222 g/mol. The molecule has 5 heteroatoms. The van der Waals surface area contributed by atoms with Crippen LogP contribution in [0.1, 0.15) is 26.7 Å². The van der Waals surface area contributed by atoms with Gasteiger partial charge in [0.1, 0.15) is 0 Å². The first-order valence-corrected chi connectivity index (χ1v) is 6.10. The van der Waals surface area contributed by atoms with E-state index in [1.807, 2.05) is 13.8 Å². The quantitative estimate of drug-likeness (QED) is 0.751. The van der Waals surface area contributed by atoms with Gasteiger partial charge in [0.2, 0.25) is 5.91 Å². The van der Waals surface area contributed by atoms with Crippen LogP contribution in [0.4, 0.5) is 0 Å². The Morgan fingerprint density at radius 3 is 2.41 bits per heavy atom. The van der Waals surface area contributed by atoms with Gasteiger partial charge in [-0.05, 0) is 18.8 Å². The molecule has 0 aromatic heterocycles. The number of carbonyl (C=O) groups is 2. The molecule has 1 amide bonds. The topological polar surface area (TPSA) is 75.6 Å². The molecule has 1 unspecified atom stereocenters. The SMILES string of the molecule is CC(C)C(CNC(=O)C1CCOCC1)C(=O)O. The maximum Gasteiger partial charge on any atom is 0.308 e. The first kappa shape index (κ1) is 14.0. The Morgan fingerprint density at radius 2 is 1.94 bits per heavy atom. The zero-order valence-corrected chi connectivity index (χ0v) is 10.4. The van der Waals surface area contributed by atoms with Crippen LogP contribution in [-0.2, 0) is 14.3 Å². The molecule has 1 heterocycles. The van der Waals surface area contributed by atoms with Crippen LogP contribution in [0.5, 0.6) is 0 Å². The second-order valence-electron chi connectivity index (χ2n) is 4.82. The molecule has 0 radical (unpaired) electrons. The van der Waals surface area contributed by atoms with Gasteiger partial charge in [-0.2, -0.15) is 0 Å². The lowest BCUT2D eigenvalue weighted by atomic mass is 9.95. The summed E-state index contributed by atoms with van der Waals surface area (Å²) in [4.78, 5) is 22.7. The lowest BCUT2D eigenvalue weighted by molar-refractivity contribution is -0.143. The van der Waals surface area contributed by atoms with Crippen molar-refractivity contribution in [2.45, 2.75) is 26.7 Å². The summed E-state index contributed by atoms with van der Waals surface area (Å²) in [7, 11) is 0. The van der Waals surface area contributed by atoms with Crippen molar-refractivity contribution in [3.63, 3.8) is 0 Å². The molecule has 0 saturated carbocycles. The fourth-order valence-corrected chi connectivity index (χ4v) is 1.92. The van der Waals surface area contributed by atoms with E-state index in [9.17, 15) is 9.59 Å². The average Bonchev–Trinajstić information content (AvgIpc) is 2.29. The molecule has 1 saturated heterocycles. The maximum atomic E-state index is 11.8. The third kappa shape index (κ3) is 4.34. The first-order valence-electron chi connectivity index (χ1n) is 6.10. The molecule has 98 valence electrons. The summed E-state index contributed by atoms with van der Waals surface area (Å²) in [5.41, 5.74) is 0. The van der Waals surface area contributed by atoms with Crippen LogP contribution in [0.3, 0.4) is 0 Å². The lowest BCUT2D eigenvalue weighted by Gasteiger charge is -2.23. The van der Waals surface area contributed by atoms with E-state index in [1.165, 1.54) is 0 Å². The van der Waals surface area contributed by atoms with Gasteiger partial charge in [-0.25, -0.2) is 0 Å². The summed E-state index contributed by atoms with van der Waals surface area (Å²) in [6.45, 7) is 5.14. The number of carboxylic acid groups (broad SMARTS) is 1. The van der Waals surface area contributed by atoms with Gasteiger partial charge in [0, 0.05) is 25.7 Å². The lowest BCUT2D eigenvalue weighted by Crippen LogP contribution is -2.40. The highest BCUT2D eigenvalue weighted by atomic mass is 16.5. The van der Waals surface area contributed by atoms with E-state index >= 15 is 0 Å². The molecule has 0 spiro atoms. The van der Waals surface area contributed by atoms with E-state index in [-0.39, 0.29) is 24.3 Å². The molecule has 5 nitrogen and oxygen atoms in total. The number of ether oxygens (including phenoxy) is 1. The fourth-order valence-electron chi connectivity index (χ4n) is 1.92. The minimum absolute atomic E-state index is 0.0162. The summed E-state index contributed by atoms with van der Waals surface area (Å²) >= 11 is 0. The van der Waals surface area contributed by atoms with Crippen molar-refractivity contribution in [3.05, 3.63) is 0 Å².